The van der Waals surface area contributed by atoms with Gasteiger partial charge < -0.3 is 9.64 Å². The Labute approximate surface area is 141 Å². The summed E-state index contributed by atoms with van der Waals surface area (Å²) in [5.74, 6) is 0.962. The van der Waals surface area contributed by atoms with Crippen LogP contribution in [-0.2, 0) is 11.3 Å². The molecule has 0 atom stereocenters. The fourth-order valence-electron chi connectivity index (χ4n) is 2.08. The third-order valence-corrected chi connectivity index (χ3v) is 4.24. The zero-order chi connectivity index (χ0) is 16.8. The monoisotopic (exact) mass is 333 g/mol. The van der Waals surface area contributed by atoms with Gasteiger partial charge in [-0.25, -0.2) is 4.98 Å². The molecule has 5 nitrogen and oxygen atoms in total. The number of carbonyl (C=O) groups is 1. The average Bonchev–Trinajstić information content (AvgIpc) is 2.96. The summed E-state index contributed by atoms with van der Waals surface area (Å²) in [5.41, 5.74) is 2.06. The van der Waals surface area contributed by atoms with Gasteiger partial charge in [-0.1, -0.05) is 0 Å². The Morgan fingerprint density at radius 3 is 2.52 bits per heavy atom. The van der Waals surface area contributed by atoms with Crippen LogP contribution in [0.3, 0.4) is 0 Å². The van der Waals surface area contributed by atoms with E-state index in [0.717, 1.165) is 22.0 Å². The van der Waals surface area contributed by atoms with Crippen LogP contribution >= 0.6 is 11.3 Å². The van der Waals surface area contributed by atoms with E-state index in [1.165, 1.54) is 0 Å². The van der Waals surface area contributed by atoms with Crippen molar-refractivity contribution < 1.29 is 9.53 Å². The normalized spacial score (nSPS) is 10.8. The van der Waals surface area contributed by atoms with Crippen molar-refractivity contribution in [3.8, 4) is 16.3 Å². The maximum atomic E-state index is 11.7. The number of nitrogens with zero attached hydrogens (tertiary/aromatic N) is 3. The van der Waals surface area contributed by atoms with Crippen molar-refractivity contribution in [3.05, 3.63) is 35.3 Å². The number of amides is 1. The van der Waals surface area contributed by atoms with Crippen molar-refractivity contribution in [2.75, 3.05) is 34.3 Å². The molecule has 1 aromatic carbocycles. The van der Waals surface area contributed by atoms with Crippen LogP contribution in [0.5, 0.6) is 5.75 Å². The molecule has 2 rings (SSSR count). The van der Waals surface area contributed by atoms with E-state index in [4.69, 9.17) is 4.74 Å². The summed E-state index contributed by atoms with van der Waals surface area (Å²) in [6, 6.07) is 7.96. The van der Waals surface area contributed by atoms with E-state index in [0.29, 0.717) is 19.7 Å². The van der Waals surface area contributed by atoms with Crippen molar-refractivity contribution in [2.24, 2.45) is 0 Å². The number of thiazole rings is 1. The van der Waals surface area contributed by atoms with Gasteiger partial charge in [0.25, 0.3) is 0 Å². The summed E-state index contributed by atoms with van der Waals surface area (Å²) >= 11 is 1.62. The second kappa shape index (κ2) is 8.08. The summed E-state index contributed by atoms with van der Waals surface area (Å²) in [6.07, 6.45) is 0. The maximum Gasteiger partial charge on any atom is 0.236 e. The van der Waals surface area contributed by atoms with Crippen molar-refractivity contribution in [2.45, 2.75) is 13.5 Å². The molecule has 0 unspecified atom stereocenters. The molecule has 0 saturated heterocycles. The molecule has 1 amide bonds. The van der Waals surface area contributed by atoms with Gasteiger partial charge in [0.2, 0.25) is 5.91 Å². The zero-order valence-corrected chi connectivity index (χ0v) is 14.9. The van der Waals surface area contributed by atoms with Gasteiger partial charge in [-0.2, -0.15) is 0 Å². The second-order valence-electron chi connectivity index (χ2n) is 5.56. The molecule has 0 aliphatic heterocycles. The van der Waals surface area contributed by atoms with Crippen molar-refractivity contribution in [1.29, 1.82) is 0 Å². The van der Waals surface area contributed by atoms with E-state index in [1.54, 1.807) is 30.3 Å². The van der Waals surface area contributed by atoms with E-state index in [2.05, 4.69) is 4.98 Å². The highest BCUT2D eigenvalue weighted by molar-refractivity contribution is 7.13. The fraction of sp³-hybridized carbons (Fsp3) is 0.412. The predicted molar refractivity (Wildman–Crippen MR) is 93.7 cm³/mol. The Kier molecular flexibility index (Phi) is 6.12. The van der Waals surface area contributed by atoms with Crippen LogP contribution in [0.4, 0.5) is 0 Å². The number of likely N-dealkylation sites (N-methyl/N-ethyl adjacent to an activating group) is 2. The molecule has 0 N–H and O–H groups in total. The molecular formula is C17H23N3O2S. The summed E-state index contributed by atoms with van der Waals surface area (Å²) in [5, 5.41) is 3.03. The average molecular weight is 333 g/mol. The summed E-state index contributed by atoms with van der Waals surface area (Å²) in [7, 11) is 5.46. The Morgan fingerprint density at radius 1 is 1.22 bits per heavy atom. The molecule has 1 heterocycles. The molecule has 2 aromatic rings. The van der Waals surface area contributed by atoms with E-state index in [1.807, 2.05) is 48.5 Å². The topological polar surface area (TPSA) is 45.7 Å². The molecule has 0 aliphatic carbocycles. The van der Waals surface area contributed by atoms with Crippen LogP contribution < -0.4 is 4.74 Å². The van der Waals surface area contributed by atoms with Gasteiger partial charge in [-0.15, -0.1) is 11.3 Å². The van der Waals surface area contributed by atoms with Gasteiger partial charge in [0.05, 0.1) is 18.8 Å². The number of carbonyl (C=O) groups excluding carboxylic acids is 1. The molecule has 0 fully saturated rings. The van der Waals surface area contributed by atoms with Crippen LogP contribution in [0.2, 0.25) is 0 Å². The standard InChI is InChI=1S/C17H23N3O2S/c1-5-22-15-8-6-13(7-9-15)17-18-14(12-23-17)10-20(4)11-16(21)19(2)3/h6-9,12H,5,10-11H2,1-4H3. The van der Waals surface area contributed by atoms with Crippen molar-refractivity contribution in [3.63, 3.8) is 0 Å². The summed E-state index contributed by atoms with van der Waals surface area (Å²) < 4.78 is 5.45. The van der Waals surface area contributed by atoms with Crippen LogP contribution in [0.1, 0.15) is 12.6 Å². The van der Waals surface area contributed by atoms with Crippen LogP contribution in [0, 0.1) is 0 Å². The largest absolute Gasteiger partial charge is 0.494 e. The lowest BCUT2D eigenvalue weighted by molar-refractivity contribution is -0.129. The Balaban J connectivity index is 1.98. The second-order valence-corrected chi connectivity index (χ2v) is 6.42. The van der Waals surface area contributed by atoms with Gasteiger partial charge >= 0.3 is 0 Å². The number of ether oxygens (including phenoxy) is 1. The van der Waals surface area contributed by atoms with Gasteiger partial charge in [-0.05, 0) is 38.2 Å². The maximum absolute atomic E-state index is 11.7. The lowest BCUT2D eigenvalue weighted by Gasteiger charge is -2.17. The Hall–Kier alpha value is -1.92. The van der Waals surface area contributed by atoms with Gasteiger partial charge in [0.1, 0.15) is 10.8 Å². The highest BCUT2D eigenvalue weighted by Gasteiger charge is 2.11. The minimum Gasteiger partial charge on any atom is -0.494 e. The summed E-state index contributed by atoms with van der Waals surface area (Å²) in [4.78, 5) is 19.9. The smallest absolute Gasteiger partial charge is 0.236 e. The summed E-state index contributed by atoms with van der Waals surface area (Å²) in [6.45, 7) is 3.69. The van der Waals surface area contributed by atoms with Gasteiger partial charge in [-0.3, -0.25) is 9.69 Å². The third-order valence-electron chi connectivity index (χ3n) is 3.30. The predicted octanol–water partition coefficient (Wildman–Crippen LogP) is 2.73. The van der Waals surface area contributed by atoms with Crippen molar-refractivity contribution >= 4 is 17.2 Å². The highest BCUT2D eigenvalue weighted by Crippen LogP contribution is 2.26. The van der Waals surface area contributed by atoms with E-state index in [-0.39, 0.29) is 5.91 Å². The highest BCUT2D eigenvalue weighted by atomic mass is 32.1. The van der Waals surface area contributed by atoms with E-state index >= 15 is 0 Å². The van der Waals surface area contributed by atoms with Crippen LogP contribution in [-0.4, -0.2) is 55.0 Å². The molecule has 124 valence electrons. The molecule has 23 heavy (non-hydrogen) atoms. The molecule has 1 aromatic heterocycles. The number of benzene rings is 1. The Morgan fingerprint density at radius 2 is 1.91 bits per heavy atom. The SMILES string of the molecule is CCOc1ccc(-c2nc(CN(C)CC(=O)N(C)C)cs2)cc1. The zero-order valence-electron chi connectivity index (χ0n) is 14.1. The molecule has 0 radical (unpaired) electrons. The minimum absolute atomic E-state index is 0.0921. The van der Waals surface area contributed by atoms with Crippen molar-refractivity contribution in [1.82, 2.24) is 14.8 Å². The first-order chi connectivity index (χ1) is 11.0. The molecule has 0 bridgehead atoms. The molecule has 0 aliphatic rings. The van der Waals surface area contributed by atoms with Gasteiger partial charge in [0, 0.05) is 31.6 Å². The number of hydrogen-bond acceptors (Lipinski definition) is 5. The van der Waals surface area contributed by atoms with Gasteiger partial charge in [0.15, 0.2) is 0 Å². The first-order valence-electron chi connectivity index (χ1n) is 7.56. The molecule has 0 spiro atoms. The quantitative estimate of drug-likeness (QED) is 0.781. The third kappa shape index (κ3) is 5.04. The lowest BCUT2D eigenvalue weighted by atomic mass is 10.2. The molecule has 6 heteroatoms. The first-order valence-corrected chi connectivity index (χ1v) is 8.44. The van der Waals surface area contributed by atoms with Crippen LogP contribution in [0.15, 0.2) is 29.6 Å². The number of aromatic nitrogens is 1. The minimum atomic E-state index is 0.0921. The molecule has 0 saturated carbocycles. The Bertz CT molecular complexity index is 638. The van der Waals surface area contributed by atoms with Crippen LogP contribution in [0.25, 0.3) is 10.6 Å². The fourth-order valence-corrected chi connectivity index (χ4v) is 2.89. The lowest BCUT2D eigenvalue weighted by Crippen LogP contribution is -2.34. The molecular weight excluding hydrogens is 310 g/mol. The van der Waals surface area contributed by atoms with E-state index in [9.17, 15) is 4.79 Å². The first kappa shape index (κ1) is 17.4. The number of hydrogen-bond donors (Lipinski definition) is 0. The number of rotatable bonds is 7. The van der Waals surface area contributed by atoms with E-state index < -0.39 is 0 Å².